The molecule has 0 atom stereocenters. The van der Waals surface area contributed by atoms with Crippen molar-refractivity contribution in [2.24, 2.45) is 0 Å². The first-order valence-corrected chi connectivity index (χ1v) is 6.75. The first-order chi connectivity index (χ1) is 10.1. The van der Waals surface area contributed by atoms with Crippen molar-refractivity contribution < 1.29 is 9.72 Å². The van der Waals surface area contributed by atoms with E-state index in [2.05, 4.69) is 12.2 Å². The zero-order chi connectivity index (χ0) is 15.2. The van der Waals surface area contributed by atoms with Gasteiger partial charge in [0.2, 0.25) is 0 Å². The summed E-state index contributed by atoms with van der Waals surface area (Å²) >= 11 is 0. The van der Waals surface area contributed by atoms with Crippen LogP contribution >= 0.6 is 0 Å². The lowest BCUT2D eigenvalue weighted by Crippen LogP contribution is -2.13. The lowest BCUT2D eigenvalue weighted by Gasteiger charge is -2.06. The van der Waals surface area contributed by atoms with Gasteiger partial charge in [-0.3, -0.25) is 14.9 Å². The van der Waals surface area contributed by atoms with Crippen molar-refractivity contribution in [3.05, 3.63) is 69.8 Å². The Morgan fingerprint density at radius 2 is 1.81 bits per heavy atom. The molecule has 1 N–H and O–H groups in total. The highest BCUT2D eigenvalue weighted by Gasteiger charge is 2.18. The number of hydrogen-bond donors (Lipinski definition) is 1. The van der Waals surface area contributed by atoms with Crippen LogP contribution in [0.3, 0.4) is 0 Å². The molecule has 0 aliphatic carbocycles. The molecule has 1 amide bonds. The summed E-state index contributed by atoms with van der Waals surface area (Å²) in [7, 11) is 0. The van der Waals surface area contributed by atoms with Gasteiger partial charge in [0, 0.05) is 11.8 Å². The smallest absolute Gasteiger partial charge is 0.282 e. The molecule has 0 spiro atoms. The van der Waals surface area contributed by atoms with E-state index in [-0.39, 0.29) is 11.3 Å². The maximum atomic E-state index is 12.1. The van der Waals surface area contributed by atoms with Gasteiger partial charge in [-0.15, -0.1) is 0 Å². The zero-order valence-corrected chi connectivity index (χ0v) is 11.7. The van der Waals surface area contributed by atoms with E-state index < -0.39 is 10.8 Å². The minimum atomic E-state index is -0.556. The highest BCUT2D eigenvalue weighted by Crippen LogP contribution is 2.19. The molecule has 0 heterocycles. The molecule has 2 aromatic carbocycles. The Balaban J connectivity index is 2.16. The number of nitro groups is 1. The van der Waals surface area contributed by atoms with Crippen LogP contribution in [-0.2, 0) is 6.42 Å². The summed E-state index contributed by atoms with van der Waals surface area (Å²) in [6.45, 7) is 2.10. The fraction of sp³-hybridized carbons (Fsp3) is 0.188. The Morgan fingerprint density at radius 1 is 1.14 bits per heavy atom. The fourth-order valence-corrected chi connectivity index (χ4v) is 2.07. The topological polar surface area (TPSA) is 72.2 Å². The van der Waals surface area contributed by atoms with Crippen molar-refractivity contribution in [2.75, 3.05) is 5.32 Å². The number of carbonyl (C=O) groups excluding carboxylic acids is 1. The van der Waals surface area contributed by atoms with Crippen molar-refractivity contribution in [1.82, 2.24) is 0 Å². The Labute approximate surface area is 122 Å². The molecule has 0 saturated carbocycles. The molecule has 5 heteroatoms. The Morgan fingerprint density at radius 3 is 2.43 bits per heavy atom. The first-order valence-electron chi connectivity index (χ1n) is 6.75. The molecule has 0 radical (unpaired) electrons. The summed E-state index contributed by atoms with van der Waals surface area (Å²) < 4.78 is 0. The van der Waals surface area contributed by atoms with Crippen molar-refractivity contribution in [3.8, 4) is 0 Å². The van der Waals surface area contributed by atoms with Gasteiger partial charge in [0.15, 0.2) is 0 Å². The van der Waals surface area contributed by atoms with Crippen molar-refractivity contribution in [2.45, 2.75) is 19.8 Å². The normalized spacial score (nSPS) is 10.1. The van der Waals surface area contributed by atoms with Crippen LogP contribution in [0.1, 0.15) is 29.3 Å². The summed E-state index contributed by atoms with van der Waals surface area (Å²) in [5.41, 5.74) is 1.68. The van der Waals surface area contributed by atoms with Gasteiger partial charge >= 0.3 is 0 Å². The molecule has 0 aliphatic rings. The van der Waals surface area contributed by atoms with E-state index in [1.807, 2.05) is 12.1 Å². The number of aryl methyl sites for hydroxylation is 1. The third kappa shape index (κ3) is 3.66. The molecule has 0 fully saturated rings. The van der Waals surface area contributed by atoms with Crippen LogP contribution in [0.4, 0.5) is 11.4 Å². The summed E-state index contributed by atoms with van der Waals surface area (Å²) in [5.74, 6) is -0.481. The standard InChI is InChI=1S/C16H16N2O3/c1-2-5-12-8-10-13(11-9-12)17-16(19)14-6-3-4-7-15(14)18(20)21/h3-4,6-11H,2,5H2,1H3,(H,17,19). The number of nitro benzene ring substituents is 1. The molecule has 0 unspecified atom stereocenters. The Bertz CT molecular complexity index is 651. The quantitative estimate of drug-likeness (QED) is 0.670. The van der Waals surface area contributed by atoms with Gasteiger partial charge < -0.3 is 5.32 Å². The van der Waals surface area contributed by atoms with E-state index >= 15 is 0 Å². The van der Waals surface area contributed by atoms with E-state index in [1.165, 1.54) is 23.8 Å². The maximum Gasteiger partial charge on any atom is 0.282 e. The molecule has 0 bridgehead atoms. The number of amides is 1. The number of nitrogens with one attached hydrogen (secondary N) is 1. The summed E-state index contributed by atoms with van der Waals surface area (Å²) in [4.78, 5) is 22.5. The van der Waals surface area contributed by atoms with Gasteiger partial charge in [-0.1, -0.05) is 37.6 Å². The summed E-state index contributed by atoms with van der Waals surface area (Å²) in [6.07, 6.45) is 2.04. The molecule has 5 nitrogen and oxygen atoms in total. The Kier molecular flexibility index (Phi) is 4.66. The van der Waals surface area contributed by atoms with E-state index in [1.54, 1.807) is 18.2 Å². The van der Waals surface area contributed by atoms with Gasteiger partial charge in [-0.05, 0) is 30.2 Å². The second-order valence-electron chi connectivity index (χ2n) is 4.68. The van der Waals surface area contributed by atoms with Gasteiger partial charge in [0.1, 0.15) is 5.56 Å². The fourth-order valence-electron chi connectivity index (χ4n) is 2.07. The van der Waals surface area contributed by atoms with Crippen LogP contribution in [-0.4, -0.2) is 10.8 Å². The van der Waals surface area contributed by atoms with Gasteiger partial charge in [-0.2, -0.15) is 0 Å². The number of hydrogen-bond acceptors (Lipinski definition) is 3. The largest absolute Gasteiger partial charge is 0.322 e. The molecule has 0 saturated heterocycles. The molecule has 108 valence electrons. The van der Waals surface area contributed by atoms with E-state index in [4.69, 9.17) is 0 Å². The predicted molar refractivity (Wildman–Crippen MR) is 81.5 cm³/mol. The second-order valence-corrected chi connectivity index (χ2v) is 4.68. The first kappa shape index (κ1) is 14.7. The van der Waals surface area contributed by atoms with Crippen LogP contribution in [0.15, 0.2) is 48.5 Å². The minimum Gasteiger partial charge on any atom is -0.322 e. The predicted octanol–water partition coefficient (Wildman–Crippen LogP) is 3.80. The number of nitrogens with zero attached hydrogens (tertiary/aromatic N) is 1. The molecule has 0 aromatic heterocycles. The molecular weight excluding hydrogens is 268 g/mol. The molecular formula is C16H16N2O3. The lowest BCUT2D eigenvalue weighted by molar-refractivity contribution is -0.385. The number of anilines is 1. The molecule has 0 aliphatic heterocycles. The van der Waals surface area contributed by atoms with Crippen LogP contribution in [0.25, 0.3) is 0 Å². The number of carbonyl (C=O) groups is 1. The van der Waals surface area contributed by atoms with Crippen LogP contribution in [0.5, 0.6) is 0 Å². The van der Waals surface area contributed by atoms with Crippen molar-refractivity contribution in [1.29, 1.82) is 0 Å². The monoisotopic (exact) mass is 284 g/mol. The van der Waals surface area contributed by atoms with E-state index in [9.17, 15) is 14.9 Å². The van der Waals surface area contributed by atoms with Crippen LogP contribution in [0.2, 0.25) is 0 Å². The van der Waals surface area contributed by atoms with Crippen LogP contribution in [0, 0.1) is 10.1 Å². The van der Waals surface area contributed by atoms with E-state index in [0.717, 1.165) is 12.8 Å². The second kappa shape index (κ2) is 6.65. The van der Waals surface area contributed by atoms with Crippen LogP contribution < -0.4 is 5.32 Å². The number of rotatable bonds is 5. The average molecular weight is 284 g/mol. The summed E-state index contributed by atoms with van der Waals surface area (Å²) in [5, 5.41) is 13.6. The molecule has 2 rings (SSSR count). The highest BCUT2D eigenvalue weighted by atomic mass is 16.6. The lowest BCUT2D eigenvalue weighted by atomic mass is 10.1. The molecule has 21 heavy (non-hydrogen) atoms. The maximum absolute atomic E-state index is 12.1. The van der Waals surface area contributed by atoms with Crippen molar-refractivity contribution >= 4 is 17.3 Å². The zero-order valence-electron chi connectivity index (χ0n) is 11.7. The number of benzene rings is 2. The SMILES string of the molecule is CCCc1ccc(NC(=O)c2ccccc2[N+](=O)[O-])cc1. The van der Waals surface area contributed by atoms with Gasteiger partial charge in [0.05, 0.1) is 4.92 Å². The Hall–Kier alpha value is -2.69. The van der Waals surface area contributed by atoms with Gasteiger partial charge in [0.25, 0.3) is 11.6 Å². The third-order valence-electron chi connectivity index (χ3n) is 3.10. The highest BCUT2D eigenvalue weighted by molar-refractivity contribution is 6.07. The minimum absolute atomic E-state index is 0.0557. The third-order valence-corrected chi connectivity index (χ3v) is 3.10. The molecule has 2 aromatic rings. The average Bonchev–Trinajstić information content (AvgIpc) is 2.49. The summed E-state index contributed by atoms with van der Waals surface area (Å²) in [6, 6.07) is 13.4. The van der Waals surface area contributed by atoms with E-state index in [0.29, 0.717) is 5.69 Å². The number of para-hydroxylation sites is 1. The van der Waals surface area contributed by atoms with Crippen molar-refractivity contribution in [3.63, 3.8) is 0 Å². The van der Waals surface area contributed by atoms with Gasteiger partial charge in [-0.25, -0.2) is 0 Å².